The Hall–Kier alpha value is -0.710. The van der Waals surface area contributed by atoms with Gasteiger partial charge in [0.1, 0.15) is 11.5 Å². The van der Waals surface area contributed by atoms with Crippen molar-refractivity contribution < 1.29 is 4.42 Å². The smallest absolute Gasteiger partial charge is 0.134 e. The molecule has 6 heteroatoms. The minimum absolute atomic E-state index is 0. The van der Waals surface area contributed by atoms with Gasteiger partial charge < -0.3 is 14.6 Å². The molecule has 0 unspecified atom stereocenters. The normalized spacial score (nSPS) is 10.3. The summed E-state index contributed by atoms with van der Waals surface area (Å²) >= 11 is 6.00. The molecule has 0 fully saturated rings. The molecule has 0 saturated heterocycles. The molecule has 1 heterocycles. The first kappa shape index (κ1) is 22.3. The highest BCUT2D eigenvalue weighted by molar-refractivity contribution is 6.30. The van der Waals surface area contributed by atoms with Gasteiger partial charge in [-0.3, -0.25) is 0 Å². The Morgan fingerprint density at radius 3 is 2.48 bits per heavy atom. The van der Waals surface area contributed by atoms with Gasteiger partial charge in [-0.25, -0.2) is 0 Å². The second kappa shape index (κ2) is 11.8. The highest BCUT2D eigenvalue weighted by Gasteiger charge is 2.05. The third-order valence-electron chi connectivity index (χ3n) is 3.57. The van der Waals surface area contributed by atoms with Crippen molar-refractivity contribution >= 4 is 36.4 Å². The average molecular weight is 380 g/mol. The van der Waals surface area contributed by atoms with Crippen molar-refractivity contribution in [3.63, 3.8) is 0 Å². The van der Waals surface area contributed by atoms with E-state index in [9.17, 15) is 0 Å². The van der Waals surface area contributed by atoms with Crippen LogP contribution in [-0.2, 0) is 6.54 Å². The average Bonchev–Trinajstić information content (AvgIpc) is 2.96. The molecule has 1 aromatic carbocycles. The molecule has 23 heavy (non-hydrogen) atoms. The standard InChI is InChI=1S/C17H23ClN2O.2ClH/c1-3-20(4-2)11-10-19-13-16-8-9-17(21-16)14-6-5-7-15(18)12-14;;/h5-9,12,19H,3-4,10-11,13H2,1-2H3;2*1H. The molecule has 0 atom stereocenters. The van der Waals surface area contributed by atoms with E-state index in [2.05, 4.69) is 24.1 Å². The van der Waals surface area contributed by atoms with Gasteiger partial charge in [-0.2, -0.15) is 0 Å². The van der Waals surface area contributed by atoms with Crippen LogP contribution in [0.15, 0.2) is 40.8 Å². The van der Waals surface area contributed by atoms with Crippen LogP contribution in [0.4, 0.5) is 0 Å². The third kappa shape index (κ3) is 7.15. The SMILES string of the molecule is CCN(CC)CCNCc1ccc(-c2cccc(Cl)c2)o1.Cl.Cl. The number of rotatable bonds is 8. The largest absolute Gasteiger partial charge is 0.460 e. The van der Waals surface area contributed by atoms with Gasteiger partial charge in [0.05, 0.1) is 6.54 Å². The highest BCUT2D eigenvalue weighted by atomic mass is 35.5. The molecule has 0 saturated carbocycles. The Kier molecular flexibility index (Phi) is 11.4. The van der Waals surface area contributed by atoms with Crippen LogP contribution in [-0.4, -0.2) is 31.1 Å². The van der Waals surface area contributed by atoms with E-state index in [1.807, 2.05) is 36.4 Å². The van der Waals surface area contributed by atoms with E-state index in [0.717, 1.165) is 54.8 Å². The lowest BCUT2D eigenvalue weighted by molar-refractivity contribution is 0.300. The van der Waals surface area contributed by atoms with Crippen molar-refractivity contribution in [3.05, 3.63) is 47.2 Å². The highest BCUT2D eigenvalue weighted by Crippen LogP contribution is 2.24. The molecule has 0 bridgehead atoms. The van der Waals surface area contributed by atoms with Gasteiger partial charge in [0.25, 0.3) is 0 Å². The van der Waals surface area contributed by atoms with E-state index in [4.69, 9.17) is 16.0 Å². The van der Waals surface area contributed by atoms with Crippen molar-refractivity contribution in [3.8, 4) is 11.3 Å². The van der Waals surface area contributed by atoms with Gasteiger partial charge in [0.2, 0.25) is 0 Å². The van der Waals surface area contributed by atoms with Crippen molar-refractivity contribution in [1.82, 2.24) is 10.2 Å². The minimum Gasteiger partial charge on any atom is -0.460 e. The van der Waals surface area contributed by atoms with E-state index in [0.29, 0.717) is 0 Å². The second-order valence-electron chi connectivity index (χ2n) is 4.98. The van der Waals surface area contributed by atoms with Crippen molar-refractivity contribution in [2.24, 2.45) is 0 Å². The molecular weight excluding hydrogens is 355 g/mol. The molecule has 0 aliphatic heterocycles. The summed E-state index contributed by atoms with van der Waals surface area (Å²) in [7, 11) is 0. The number of furan rings is 1. The molecule has 0 radical (unpaired) electrons. The van der Waals surface area contributed by atoms with Crippen molar-refractivity contribution in [2.45, 2.75) is 20.4 Å². The first-order valence-electron chi connectivity index (χ1n) is 7.50. The van der Waals surface area contributed by atoms with E-state index < -0.39 is 0 Å². The Morgan fingerprint density at radius 2 is 1.83 bits per heavy atom. The molecule has 1 N–H and O–H groups in total. The fraction of sp³-hybridized carbons (Fsp3) is 0.412. The molecule has 2 aromatic rings. The Morgan fingerprint density at radius 1 is 1.09 bits per heavy atom. The fourth-order valence-corrected chi connectivity index (χ4v) is 2.45. The lowest BCUT2D eigenvalue weighted by atomic mass is 10.2. The maximum atomic E-state index is 6.00. The van der Waals surface area contributed by atoms with Crippen LogP contribution < -0.4 is 5.32 Å². The van der Waals surface area contributed by atoms with E-state index in [1.165, 1.54) is 0 Å². The quantitative estimate of drug-likeness (QED) is 0.663. The summed E-state index contributed by atoms with van der Waals surface area (Å²) in [6.07, 6.45) is 0. The summed E-state index contributed by atoms with van der Waals surface area (Å²) in [5.74, 6) is 1.81. The van der Waals surface area contributed by atoms with Crippen molar-refractivity contribution in [1.29, 1.82) is 0 Å². The molecule has 0 amide bonds. The second-order valence-corrected chi connectivity index (χ2v) is 5.42. The number of likely N-dealkylation sites (N-methyl/N-ethyl adjacent to an activating group) is 1. The van der Waals surface area contributed by atoms with Crippen molar-refractivity contribution in [2.75, 3.05) is 26.2 Å². The summed E-state index contributed by atoms with van der Waals surface area (Å²) in [6, 6.07) is 11.7. The molecule has 2 rings (SSSR count). The summed E-state index contributed by atoms with van der Waals surface area (Å²) < 4.78 is 5.85. The van der Waals surface area contributed by atoms with Gasteiger partial charge >= 0.3 is 0 Å². The van der Waals surface area contributed by atoms with Crippen LogP contribution in [0.5, 0.6) is 0 Å². The topological polar surface area (TPSA) is 28.4 Å². The van der Waals surface area contributed by atoms with E-state index in [1.54, 1.807) is 0 Å². The molecule has 130 valence electrons. The number of nitrogens with one attached hydrogen (secondary N) is 1. The summed E-state index contributed by atoms with van der Waals surface area (Å²) in [5.41, 5.74) is 1.01. The number of nitrogens with zero attached hydrogens (tertiary/aromatic N) is 1. The maximum Gasteiger partial charge on any atom is 0.134 e. The van der Waals surface area contributed by atoms with Crippen LogP contribution in [0.3, 0.4) is 0 Å². The summed E-state index contributed by atoms with van der Waals surface area (Å²) in [5, 5.41) is 4.14. The molecule has 3 nitrogen and oxygen atoms in total. The van der Waals surface area contributed by atoms with Gasteiger partial charge in [0, 0.05) is 23.7 Å². The zero-order valence-electron chi connectivity index (χ0n) is 13.5. The number of halogens is 3. The van der Waals surface area contributed by atoms with Crippen LogP contribution >= 0.6 is 36.4 Å². The van der Waals surface area contributed by atoms with Gasteiger partial charge in [-0.15, -0.1) is 24.8 Å². The lowest BCUT2D eigenvalue weighted by Gasteiger charge is -2.17. The molecule has 1 aromatic heterocycles. The zero-order valence-corrected chi connectivity index (χ0v) is 15.9. The Labute approximate surface area is 156 Å². The first-order valence-corrected chi connectivity index (χ1v) is 7.88. The first-order chi connectivity index (χ1) is 10.2. The molecular formula is C17H25Cl3N2O. The molecule has 0 aliphatic carbocycles. The minimum atomic E-state index is 0. The van der Waals surface area contributed by atoms with E-state index in [-0.39, 0.29) is 24.8 Å². The van der Waals surface area contributed by atoms with Crippen LogP contribution in [0, 0.1) is 0 Å². The van der Waals surface area contributed by atoms with Gasteiger partial charge in [-0.05, 0) is 37.4 Å². The summed E-state index contributed by atoms with van der Waals surface area (Å²) in [6.45, 7) is 9.35. The third-order valence-corrected chi connectivity index (χ3v) is 3.80. The summed E-state index contributed by atoms with van der Waals surface area (Å²) in [4.78, 5) is 2.40. The number of benzene rings is 1. The number of hydrogen-bond acceptors (Lipinski definition) is 3. The predicted molar refractivity (Wildman–Crippen MR) is 103 cm³/mol. The van der Waals surface area contributed by atoms with Crippen LogP contribution in [0.2, 0.25) is 5.02 Å². The zero-order chi connectivity index (χ0) is 15.1. The van der Waals surface area contributed by atoms with E-state index >= 15 is 0 Å². The van der Waals surface area contributed by atoms with Gasteiger partial charge in [-0.1, -0.05) is 37.6 Å². The monoisotopic (exact) mass is 378 g/mol. The molecule has 0 aliphatic rings. The predicted octanol–water partition coefficient (Wildman–Crippen LogP) is 4.88. The Balaban J connectivity index is 0.00000242. The van der Waals surface area contributed by atoms with Crippen LogP contribution in [0.1, 0.15) is 19.6 Å². The fourth-order valence-electron chi connectivity index (χ4n) is 2.26. The number of hydrogen-bond donors (Lipinski definition) is 1. The lowest BCUT2D eigenvalue weighted by Crippen LogP contribution is -2.31. The van der Waals surface area contributed by atoms with Gasteiger partial charge in [0.15, 0.2) is 0 Å². The van der Waals surface area contributed by atoms with Crippen LogP contribution in [0.25, 0.3) is 11.3 Å². The Bertz CT molecular complexity index is 556. The molecule has 0 spiro atoms. The maximum absolute atomic E-state index is 6.00.